The summed E-state index contributed by atoms with van der Waals surface area (Å²) in [7, 11) is 0. The standard InChI is InChI=1S/C16H16N4/c1-12-7-8-13(9-18-12)16(17)14-10-19-20(11-14)15-5-3-2-4-6-15/h2-11,16H,17H2,1H3. The molecule has 100 valence electrons. The molecule has 2 N–H and O–H groups in total. The van der Waals surface area contributed by atoms with Gasteiger partial charge in [0.1, 0.15) is 0 Å². The second-order valence-corrected chi connectivity index (χ2v) is 4.76. The summed E-state index contributed by atoms with van der Waals surface area (Å²) in [6, 6.07) is 13.7. The first-order valence-electron chi connectivity index (χ1n) is 6.52. The summed E-state index contributed by atoms with van der Waals surface area (Å²) in [4.78, 5) is 4.28. The fourth-order valence-corrected chi connectivity index (χ4v) is 2.07. The van der Waals surface area contributed by atoms with Gasteiger partial charge in [-0.1, -0.05) is 24.3 Å². The van der Waals surface area contributed by atoms with Gasteiger partial charge in [0.2, 0.25) is 0 Å². The molecule has 0 amide bonds. The van der Waals surface area contributed by atoms with Crippen LogP contribution in [0, 0.1) is 6.92 Å². The van der Waals surface area contributed by atoms with E-state index in [1.807, 2.05) is 66.5 Å². The van der Waals surface area contributed by atoms with E-state index in [0.717, 1.165) is 22.5 Å². The van der Waals surface area contributed by atoms with Gasteiger partial charge in [0.05, 0.1) is 17.9 Å². The van der Waals surface area contributed by atoms with Crippen LogP contribution >= 0.6 is 0 Å². The predicted molar refractivity (Wildman–Crippen MR) is 78.6 cm³/mol. The van der Waals surface area contributed by atoms with Crippen molar-refractivity contribution in [2.24, 2.45) is 5.73 Å². The van der Waals surface area contributed by atoms with E-state index in [9.17, 15) is 0 Å². The van der Waals surface area contributed by atoms with Crippen LogP contribution in [0.25, 0.3) is 5.69 Å². The van der Waals surface area contributed by atoms with Crippen LogP contribution in [0.3, 0.4) is 0 Å². The van der Waals surface area contributed by atoms with Gasteiger partial charge in [-0.15, -0.1) is 0 Å². The van der Waals surface area contributed by atoms with Crippen molar-refractivity contribution in [3.05, 3.63) is 77.9 Å². The molecule has 2 heterocycles. The van der Waals surface area contributed by atoms with E-state index >= 15 is 0 Å². The molecule has 1 aromatic carbocycles. The molecule has 2 aromatic heterocycles. The van der Waals surface area contributed by atoms with Crippen molar-refractivity contribution in [1.29, 1.82) is 0 Å². The van der Waals surface area contributed by atoms with Gasteiger partial charge >= 0.3 is 0 Å². The summed E-state index contributed by atoms with van der Waals surface area (Å²) in [6.07, 6.45) is 5.58. The maximum Gasteiger partial charge on any atom is 0.0645 e. The third-order valence-electron chi connectivity index (χ3n) is 3.28. The Morgan fingerprint density at radius 2 is 1.80 bits per heavy atom. The molecule has 20 heavy (non-hydrogen) atoms. The van der Waals surface area contributed by atoms with Gasteiger partial charge in [-0.3, -0.25) is 4.98 Å². The molecular weight excluding hydrogens is 248 g/mol. The number of aromatic nitrogens is 3. The molecule has 0 aliphatic rings. The highest BCUT2D eigenvalue weighted by atomic mass is 15.3. The predicted octanol–water partition coefficient (Wildman–Crippen LogP) is 2.62. The number of hydrogen-bond donors (Lipinski definition) is 1. The van der Waals surface area contributed by atoms with Gasteiger partial charge in [0.25, 0.3) is 0 Å². The van der Waals surface area contributed by atoms with Gasteiger partial charge in [-0.2, -0.15) is 5.10 Å². The normalized spacial score (nSPS) is 12.3. The second kappa shape index (κ2) is 5.27. The number of hydrogen-bond acceptors (Lipinski definition) is 3. The summed E-state index contributed by atoms with van der Waals surface area (Å²) in [6.45, 7) is 1.96. The molecule has 4 heteroatoms. The third-order valence-corrected chi connectivity index (χ3v) is 3.28. The van der Waals surface area contributed by atoms with E-state index in [1.165, 1.54) is 0 Å². The highest BCUT2D eigenvalue weighted by molar-refractivity contribution is 5.33. The molecule has 0 radical (unpaired) electrons. The molecule has 0 bridgehead atoms. The second-order valence-electron chi connectivity index (χ2n) is 4.76. The first-order valence-corrected chi connectivity index (χ1v) is 6.52. The van der Waals surface area contributed by atoms with E-state index in [1.54, 1.807) is 6.20 Å². The Hall–Kier alpha value is -2.46. The lowest BCUT2D eigenvalue weighted by Gasteiger charge is -2.09. The molecular formula is C16H16N4. The molecule has 0 fully saturated rings. The number of nitrogens with zero attached hydrogens (tertiary/aromatic N) is 3. The van der Waals surface area contributed by atoms with E-state index < -0.39 is 0 Å². The Labute approximate surface area is 117 Å². The minimum Gasteiger partial charge on any atom is -0.320 e. The highest BCUT2D eigenvalue weighted by Crippen LogP contribution is 2.19. The summed E-state index contributed by atoms with van der Waals surface area (Å²) < 4.78 is 1.83. The zero-order valence-electron chi connectivity index (χ0n) is 11.3. The average molecular weight is 264 g/mol. The molecule has 0 aliphatic heterocycles. The van der Waals surface area contributed by atoms with E-state index in [4.69, 9.17) is 5.73 Å². The topological polar surface area (TPSA) is 56.7 Å². The number of pyridine rings is 1. The van der Waals surface area contributed by atoms with Gasteiger partial charge in [0, 0.05) is 23.7 Å². The first kappa shape index (κ1) is 12.6. The van der Waals surface area contributed by atoms with Crippen molar-refractivity contribution in [3.63, 3.8) is 0 Å². The van der Waals surface area contributed by atoms with Gasteiger partial charge in [-0.05, 0) is 30.7 Å². The maximum absolute atomic E-state index is 6.26. The minimum atomic E-state index is -0.208. The number of benzene rings is 1. The Morgan fingerprint density at radius 3 is 2.50 bits per heavy atom. The molecule has 1 atom stereocenters. The lowest BCUT2D eigenvalue weighted by molar-refractivity contribution is 0.854. The van der Waals surface area contributed by atoms with Crippen molar-refractivity contribution in [2.75, 3.05) is 0 Å². The van der Waals surface area contributed by atoms with Crippen molar-refractivity contribution < 1.29 is 0 Å². The summed E-state index contributed by atoms with van der Waals surface area (Å²) in [5.41, 5.74) is 10.2. The Bertz CT molecular complexity index is 686. The average Bonchev–Trinajstić information content (AvgIpc) is 2.98. The van der Waals surface area contributed by atoms with Crippen LogP contribution in [0.4, 0.5) is 0 Å². The smallest absolute Gasteiger partial charge is 0.0645 e. The molecule has 4 nitrogen and oxygen atoms in total. The molecule has 1 unspecified atom stereocenters. The summed E-state index contributed by atoms with van der Waals surface area (Å²) in [5, 5.41) is 4.37. The largest absolute Gasteiger partial charge is 0.320 e. The van der Waals surface area contributed by atoms with Crippen molar-refractivity contribution >= 4 is 0 Å². The van der Waals surface area contributed by atoms with Crippen molar-refractivity contribution in [3.8, 4) is 5.69 Å². The number of nitrogens with two attached hydrogens (primary N) is 1. The Balaban J connectivity index is 1.88. The van der Waals surface area contributed by atoms with Gasteiger partial charge in [-0.25, -0.2) is 4.68 Å². The quantitative estimate of drug-likeness (QED) is 0.791. The molecule has 0 aliphatic carbocycles. The fraction of sp³-hybridized carbons (Fsp3) is 0.125. The van der Waals surface area contributed by atoms with Crippen LogP contribution in [0.2, 0.25) is 0 Å². The zero-order valence-corrected chi connectivity index (χ0v) is 11.3. The lowest BCUT2D eigenvalue weighted by atomic mass is 10.0. The number of para-hydroxylation sites is 1. The maximum atomic E-state index is 6.26. The molecule has 3 aromatic rings. The molecule has 0 saturated carbocycles. The van der Waals surface area contributed by atoms with Crippen LogP contribution in [0.1, 0.15) is 22.9 Å². The fourth-order valence-electron chi connectivity index (χ4n) is 2.07. The number of aryl methyl sites for hydroxylation is 1. The Morgan fingerprint density at radius 1 is 1.00 bits per heavy atom. The van der Waals surface area contributed by atoms with E-state index in [-0.39, 0.29) is 6.04 Å². The highest BCUT2D eigenvalue weighted by Gasteiger charge is 2.12. The first-order chi connectivity index (χ1) is 9.74. The molecule has 0 saturated heterocycles. The molecule has 3 rings (SSSR count). The monoisotopic (exact) mass is 264 g/mol. The summed E-state index contributed by atoms with van der Waals surface area (Å²) >= 11 is 0. The van der Waals surface area contributed by atoms with Crippen LogP contribution in [-0.4, -0.2) is 14.8 Å². The van der Waals surface area contributed by atoms with Crippen LogP contribution < -0.4 is 5.73 Å². The summed E-state index contributed by atoms with van der Waals surface area (Å²) in [5.74, 6) is 0. The van der Waals surface area contributed by atoms with Crippen molar-refractivity contribution in [2.45, 2.75) is 13.0 Å². The van der Waals surface area contributed by atoms with Crippen LogP contribution in [0.5, 0.6) is 0 Å². The zero-order chi connectivity index (χ0) is 13.9. The van der Waals surface area contributed by atoms with E-state index in [0.29, 0.717) is 0 Å². The van der Waals surface area contributed by atoms with Gasteiger partial charge < -0.3 is 5.73 Å². The SMILES string of the molecule is Cc1ccc(C(N)c2cnn(-c3ccccc3)c2)cn1. The van der Waals surface area contributed by atoms with E-state index in [2.05, 4.69) is 10.1 Å². The Kier molecular flexibility index (Phi) is 3.31. The van der Waals surface area contributed by atoms with Crippen molar-refractivity contribution in [1.82, 2.24) is 14.8 Å². The van der Waals surface area contributed by atoms with Crippen LogP contribution in [0.15, 0.2) is 61.1 Å². The minimum absolute atomic E-state index is 0.208. The third kappa shape index (κ3) is 2.46. The number of rotatable bonds is 3. The lowest BCUT2D eigenvalue weighted by Crippen LogP contribution is -2.11. The van der Waals surface area contributed by atoms with Crippen LogP contribution in [-0.2, 0) is 0 Å². The molecule has 0 spiro atoms. The van der Waals surface area contributed by atoms with Gasteiger partial charge in [0.15, 0.2) is 0 Å².